The van der Waals surface area contributed by atoms with Gasteiger partial charge in [-0.05, 0) is 31.5 Å². The Morgan fingerprint density at radius 2 is 1.84 bits per heavy atom. The highest BCUT2D eigenvalue weighted by atomic mass is 19.1. The molecule has 0 bridgehead atoms. The molecule has 0 saturated heterocycles. The molecule has 1 aromatic carbocycles. The molecule has 0 fully saturated rings. The number of halogens is 1. The van der Waals surface area contributed by atoms with Gasteiger partial charge in [0.1, 0.15) is 17.6 Å². The monoisotopic (exact) mass is 263 g/mol. The zero-order valence-corrected chi connectivity index (χ0v) is 10.6. The average Bonchev–Trinajstić information content (AvgIpc) is 2.29. The van der Waals surface area contributed by atoms with E-state index in [4.69, 9.17) is 5.73 Å². The fourth-order valence-corrected chi connectivity index (χ4v) is 1.76. The summed E-state index contributed by atoms with van der Waals surface area (Å²) in [6.07, 6.45) is 0. The van der Waals surface area contributed by atoms with Crippen molar-refractivity contribution in [3.8, 4) is 0 Å². The number of amides is 2. The van der Waals surface area contributed by atoms with E-state index >= 15 is 0 Å². The molecule has 1 atom stereocenters. The highest BCUT2D eigenvalue weighted by Crippen LogP contribution is 2.22. The van der Waals surface area contributed by atoms with Crippen LogP contribution in [-0.4, -0.2) is 23.2 Å². The SMILES string of the molecule is CC(C)(N)C1=NC(=O)C(c2ccc(F)cc2)C(=O)N1. The van der Waals surface area contributed by atoms with Crippen molar-refractivity contribution in [2.75, 3.05) is 0 Å². The van der Waals surface area contributed by atoms with E-state index in [1.165, 1.54) is 24.3 Å². The zero-order valence-electron chi connectivity index (χ0n) is 10.6. The molecule has 1 heterocycles. The first-order valence-electron chi connectivity index (χ1n) is 5.77. The van der Waals surface area contributed by atoms with Crippen molar-refractivity contribution in [2.45, 2.75) is 25.3 Å². The van der Waals surface area contributed by atoms with Crippen LogP contribution in [0, 0.1) is 5.82 Å². The maximum absolute atomic E-state index is 12.8. The highest BCUT2D eigenvalue weighted by molar-refractivity contribution is 6.20. The van der Waals surface area contributed by atoms with Crippen LogP contribution < -0.4 is 11.1 Å². The highest BCUT2D eigenvalue weighted by Gasteiger charge is 2.36. The molecular formula is C13H14FN3O2. The Morgan fingerprint density at radius 1 is 1.26 bits per heavy atom. The van der Waals surface area contributed by atoms with Crippen LogP contribution in [-0.2, 0) is 9.59 Å². The number of rotatable bonds is 2. The number of nitrogens with two attached hydrogens (primary N) is 1. The molecule has 0 aliphatic carbocycles. The van der Waals surface area contributed by atoms with Crippen LogP contribution in [0.3, 0.4) is 0 Å². The maximum atomic E-state index is 12.8. The summed E-state index contributed by atoms with van der Waals surface area (Å²) in [6, 6.07) is 5.18. The van der Waals surface area contributed by atoms with Crippen LogP contribution in [0.1, 0.15) is 25.3 Å². The molecule has 5 nitrogen and oxygen atoms in total. The molecule has 3 N–H and O–H groups in total. The first kappa shape index (κ1) is 13.4. The fraction of sp³-hybridized carbons (Fsp3) is 0.308. The number of hydrogen-bond donors (Lipinski definition) is 2. The van der Waals surface area contributed by atoms with E-state index in [0.29, 0.717) is 5.56 Å². The fourth-order valence-electron chi connectivity index (χ4n) is 1.76. The van der Waals surface area contributed by atoms with Crippen molar-refractivity contribution >= 4 is 17.6 Å². The molecular weight excluding hydrogens is 249 g/mol. The van der Waals surface area contributed by atoms with Gasteiger partial charge in [-0.2, -0.15) is 4.99 Å². The van der Waals surface area contributed by atoms with E-state index in [0.717, 1.165) is 0 Å². The lowest BCUT2D eigenvalue weighted by atomic mass is 9.94. The van der Waals surface area contributed by atoms with E-state index in [-0.39, 0.29) is 5.84 Å². The molecule has 0 spiro atoms. The minimum atomic E-state index is -1.05. The van der Waals surface area contributed by atoms with Crippen molar-refractivity contribution in [1.29, 1.82) is 0 Å². The van der Waals surface area contributed by atoms with E-state index in [9.17, 15) is 14.0 Å². The number of hydrogen-bond acceptors (Lipinski definition) is 3. The third-order valence-corrected chi connectivity index (χ3v) is 2.79. The first-order chi connectivity index (χ1) is 8.79. The summed E-state index contributed by atoms with van der Waals surface area (Å²) in [6.45, 7) is 3.27. The average molecular weight is 263 g/mol. The normalized spacial score (nSPS) is 20.0. The lowest BCUT2D eigenvalue weighted by Crippen LogP contribution is -2.55. The third-order valence-electron chi connectivity index (χ3n) is 2.79. The van der Waals surface area contributed by atoms with Crippen LogP contribution >= 0.6 is 0 Å². The molecule has 1 unspecified atom stereocenters. The molecule has 1 aliphatic rings. The van der Waals surface area contributed by atoms with Crippen LogP contribution in [0.25, 0.3) is 0 Å². The Kier molecular flexibility index (Phi) is 3.20. The maximum Gasteiger partial charge on any atom is 0.264 e. The molecule has 0 radical (unpaired) electrons. The molecule has 100 valence electrons. The summed E-state index contributed by atoms with van der Waals surface area (Å²) in [7, 11) is 0. The van der Waals surface area contributed by atoms with E-state index < -0.39 is 29.1 Å². The van der Waals surface area contributed by atoms with Crippen LogP contribution in [0.4, 0.5) is 4.39 Å². The zero-order chi connectivity index (χ0) is 14.2. The van der Waals surface area contributed by atoms with Crippen molar-refractivity contribution < 1.29 is 14.0 Å². The number of amidine groups is 1. The van der Waals surface area contributed by atoms with Crippen molar-refractivity contribution in [1.82, 2.24) is 5.32 Å². The van der Waals surface area contributed by atoms with Gasteiger partial charge in [0.2, 0.25) is 5.91 Å². The van der Waals surface area contributed by atoms with Crippen molar-refractivity contribution in [3.63, 3.8) is 0 Å². The summed E-state index contributed by atoms with van der Waals surface area (Å²) < 4.78 is 12.8. The van der Waals surface area contributed by atoms with Crippen molar-refractivity contribution in [3.05, 3.63) is 35.6 Å². The first-order valence-corrected chi connectivity index (χ1v) is 5.77. The molecule has 6 heteroatoms. The van der Waals surface area contributed by atoms with Gasteiger partial charge in [0.25, 0.3) is 5.91 Å². The van der Waals surface area contributed by atoms with Gasteiger partial charge >= 0.3 is 0 Å². The number of nitrogens with zero attached hydrogens (tertiary/aromatic N) is 1. The molecule has 0 aromatic heterocycles. The van der Waals surface area contributed by atoms with E-state index in [1.807, 2.05) is 0 Å². The Morgan fingerprint density at radius 3 is 2.32 bits per heavy atom. The second-order valence-electron chi connectivity index (χ2n) is 4.99. The molecule has 19 heavy (non-hydrogen) atoms. The minimum Gasteiger partial charge on any atom is -0.319 e. The van der Waals surface area contributed by atoms with E-state index in [1.54, 1.807) is 13.8 Å². The predicted molar refractivity (Wildman–Crippen MR) is 68.0 cm³/mol. The van der Waals surface area contributed by atoms with Gasteiger partial charge in [-0.1, -0.05) is 12.1 Å². The quantitative estimate of drug-likeness (QED) is 0.770. The van der Waals surface area contributed by atoms with Gasteiger partial charge in [-0.15, -0.1) is 0 Å². The summed E-state index contributed by atoms with van der Waals surface area (Å²) >= 11 is 0. The number of benzene rings is 1. The summed E-state index contributed by atoms with van der Waals surface area (Å²) in [5.41, 5.74) is 5.29. The summed E-state index contributed by atoms with van der Waals surface area (Å²) in [5.74, 6) is -2.43. The number of nitrogens with one attached hydrogen (secondary N) is 1. The lowest BCUT2D eigenvalue weighted by molar-refractivity contribution is -0.130. The Balaban J connectivity index is 2.35. The number of aliphatic imine (C=N–C) groups is 1. The van der Waals surface area contributed by atoms with Gasteiger partial charge in [-0.3, -0.25) is 9.59 Å². The Hall–Kier alpha value is -2.08. The van der Waals surface area contributed by atoms with Crippen molar-refractivity contribution in [2.24, 2.45) is 10.7 Å². The van der Waals surface area contributed by atoms with Gasteiger partial charge in [0, 0.05) is 0 Å². The van der Waals surface area contributed by atoms with E-state index in [2.05, 4.69) is 10.3 Å². The molecule has 0 saturated carbocycles. The van der Waals surface area contributed by atoms with Gasteiger partial charge in [-0.25, -0.2) is 4.39 Å². The molecule has 2 amide bonds. The summed E-state index contributed by atoms with van der Waals surface area (Å²) in [5, 5.41) is 2.52. The number of carbonyl (C=O) groups is 2. The third kappa shape index (κ3) is 2.68. The Labute approximate surface area is 109 Å². The topological polar surface area (TPSA) is 84.5 Å². The van der Waals surface area contributed by atoms with Crippen LogP contribution in [0.2, 0.25) is 0 Å². The standard InChI is InChI=1S/C13H14FN3O2/c1-13(2,15)12-16-10(18)9(11(19)17-12)7-3-5-8(14)6-4-7/h3-6,9H,15H2,1-2H3,(H,16,17,18,19). The van der Waals surface area contributed by atoms with Crippen LogP contribution in [0.5, 0.6) is 0 Å². The largest absolute Gasteiger partial charge is 0.319 e. The smallest absolute Gasteiger partial charge is 0.264 e. The molecule has 2 rings (SSSR count). The van der Waals surface area contributed by atoms with Gasteiger partial charge < -0.3 is 11.1 Å². The minimum absolute atomic E-state index is 0.140. The van der Waals surface area contributed by atoms with Gasteiger partial charge in [0.05, 0.1) is 5.54 Å². The summed E-state index contributed by atoms with van der Waals surface area (Å²) in [4.78, 5) is 27.7. The molecule has 1 aliphatic heterocycles. The number of carbonyl (C=O) groups excluding carboxylic acids is 2. The molecule has 1 aromatic rings. The van der Waals surface area contributed by atoms with Crippen LogP contribution in [0.15, 0.2) is 29.3 Å². The second-order valence-corrected chi connectivity index (χ2v) is 4.99. The second kappa shape index (κ2) is 4.55. The lowest BCUT2D eigenvalue weighted by Gasteiger charge is -2.27. The predicted octanol–water partition coefficient (Wildman–Crippen LogP) is 0.702. The Bertz CT molecular complexity index is 558. The van der Waals surface area contributed by atoms with Gasteiger partial charge in [0.15, 0.2) is 0 Å².